The van der Waals surface area contributed by atoms with Gasteiger partial charge in [0.15, 0.2) is 0 Å². The first-order valence-electron chi connectivity index (χ1n) is 11.7. The fourth-order valence-corrected chi connectivity index (χ4v) is 38.2. The topological polar surface area (TPSA) is 26.9 Å². The molecule has 0 radical (unpaired) electrons. The predicted molar refractivity (Wildman–Crippen MR) is 118 cm³/mol. The van der Waals surface area contributed by atoms with E-state index in [4.69, 9.17) is 0 Å². The summed E-state index contributed by atoms with van der Waals surface area (Å²) in [6.07, 6.45) is 23.7. The van der Waals surface area contributed by atoms with Gasteiger partial charge in [0.1, 0.15) is 0 Å². The van der Waals surface area contributed by atoms with Crippen LogP contribution in [-0.4, -0.2) is 17.0 Å². The number of hydrogen-bond donors (Lipinski definition) is 0. The van der Waals surface area contributed by atoms with Gasteiger partial charge in [-0.2, -0.15) is 0 Å². The van der Waals surface area contributed by atoms with Crippen LogP contribution >= 0.6 is 8.95 Å². The number of pyridine rings is 1. The third-order valence-corrected chi connectivity index (χ3v) is 36.1. The SMILES string of the molecule is [O-][n+]1ccccc1[S][Sn]([CH]1CCCCC1)([CH]1CCCCC1)[CH]1CCCCC1. The van der Waals surface area contributed by atoms with E-state index in [0.717, 1.165) is 16.8 Å². The van der Waals surface area contributed by atoms with Crippen molar-refractivity contribution in [2.45, 2.75) is 113 Å². The van der Waals surface area contributed by atoms with Crippen molar-refractivity contribution in [3.05, 3.63) is 29.6 Å². The second-order valence-electron chi connectivity index (χ2n) is 9.33. The molecule has 0 aromatic carbocycles. The fraction of sp³-hybridized carbons (Fsp3) is 0.783. The van der Waals surface area contributed by atoms with Crippen LogP contribution in [0.4, 0.5) is 0 Å². The van der Waals surface area contributed by atoms with Crippen LogP contribution in [0.15, 0.2) is 29.4 Å². The summed E-state index contributed by atoms with van der Waals surface area (Å²) in [5.41, 5.74) is 0. The van der Waals surface area contributed by atoms with Crippen LogP contribution in [0, 0.1) is 5.21 Å². The Morgan fingerprint density at radius 1 is 0.704 bits per heavy atom. The van der Waals surface area contributed by atoms with Crippen LogP contribution in [0.5, 0.6) is 0 Å². The van der Waals surface area contributed by atoms with Gasteiger partial charge in [0.2, 0.25) is 0 Å². The minimum absolute atomic E-state index is 1.02. The molecule has 4 heteroatoms. The molecule has 1 heterocycles. The molecular weight excluding hydrogens is 457 g/mol. The molecule has 3 saturated carbocycles. The molecule has 0 aliphatic heterocycles. The number of nitrogens with zero attached hydrogens (tertiary/aromatic N) is 1. The summed E-state index contributed by atoms with van der Waals surface area (Å²) in [7, 11) is 2.24. The monoisotopic (exact) mass is 495 g/mol. The maximum absolute atomic E-state index is 12.7. The van der Waals surface area contributed by atoms with Crippen LogP contribution < -0.4 is 4.73 Å². The summed E-state index contributed by atoms with van der Waals surface area (Å²) >= 11 is -2.68. The van der Waals surface area contributed by atoms with Crippen molar-refractivity contribution in [1.82, 2.24) is 0 Å². The summed E-state index contributed by atoms with van der Waals surface area (Å²) < 4.78 is 4.25. The van der Waals surface area contributed by atoms with Crippen molar-refractivity contribution in [2.24, 2.45) is 0 Å². The molecule has 1 aromatic rings. The van der Waals surface area contributed by atoms with Crippen LogP contribution in [0.3, 0.4) is 0 Å². The van der Waals surface area contributed by atoms with E-state index in [1.54, 1.807) is 6.20 Å². The summed E-state index contributed by atoms with van der Waals surface area (Å²) in [6.45, 7) is 0. The van der Waals surface area contributed by atoms with Crippen molar-refractivity contribution in [2.75, 3.05) is 0 Å². The number of aromatic nitrogens is 1. The van der Waals surface area contributed by atoms with Crippen LogP contribution in [0.2, 0.25) is 11.8 Å². The molecule has 3 aliphatic rings. The van der Waals surface area contributed by atoms with Gasteiger partial charge in [-0.1, -0.05) is 0 Å². The standard InChI is InChI=1S/3C6H11.C5H5NOS.Sn/c3*1-2-4-6-5-3-1;7-6-4-2-1-3-5(6)8;/h3*1H,2-6H2;1-4,8H;/q;;;;+1/p-1. The van der Waals surface area contributed by atoms with E-state index in [9.17, 15) is 5.21 Å². The second-order valence-corrected chi connectivity index (χ2v) is 28.3. The van der Waals surface area contributed by atoms with Crippen molar-refractivity contribution < 1.29 is 4.73 Å². The molecule has 0 atom stereocenters. The van der Waals surface area contributed by atoms with E-state index in [2.05, 4.69) is 21.1 Å². The number of rotatable bonds is 5. The van der Waals surface area contributed by atoms with Crippen LogP contribution in [0.25, 0.3) is 0 Å². The van der Waals surface area contributed by atoms with E-state index < -0.39 is 17.0 Å². The molecule has 0 N–H and O–H groups in total. The molecule has 0 spiro atoms. The molecule has 150 valence electrons. The predicted octanol–water partition coefficient (Wildman–Crippen LogP) is 7.36. The van der Waals surface area contributed by atoms with Gasteiger partial charge in [-0.15, -0.1) is 0 Å². The van der Waals surface area contributed by atoms with E-state index in [-0.39, 0.29) is 0 Å². The minimum atomic E-state index is -2.68. The molecule has 3 fully saturated rings. The second kappa shape index (κ2) is 9.73. The summed E-state index contributed by atoms with van der Waals surface area (Å²) in [5.74, 6) is 0. The molecule has 2 nitrogen and oxygen atoms in total. The summed E-state index contributed by atoms with van der Waals surface area (Å²) in [5, 5.41) is 13.7. The Labute approximate surface area is 172 Å². The zero-order valence-electron chi connectivity index (χ0n) is 16.9. The summed E-state index contributed by atoms with van der Waals surface area (Å²) in [6, 6.07) is 6.13. The van der Waals surface area contributed by atoms with Gasteiger partial charge in [0.25, 0.3) is 0 Å². The first kappa shape index (κ1) is 20.4. The molecule has 0 unspecified atom stereocenters. The van der Waals surface area contributed by atoms with Crippen molar-refractivity contribution in [1.29, 1.82) is 0 Å². The van der Waals surface area contributed by atoms with Crippen LogP contribution in [0.1, 0.15) is 96.3 Å². The van der Waals surface area contributed by atoms with Gasteiger partial charge in [0.05, 0.1) is 0 Å². The Morgan fingerprint density at radius 2 is 1.15 bits per heavy atom. The van der Waals surface area contributed by atoms with Gasteiger partial charge in [-0.3, -0.25) is 0 Å². The fourth-order valence-electron chi connectivity index (χ4n) is 6.58. The zero-order chi connectivity index (χ0) is 18.5. The average Bonchev–Trinajstić information content (AvgIpc) is 2.75. The van der Waals surface area contributed by atoms with Crippen LogP contribution in [-0.2, 0) is 0 Å². The van der Waals surface area contributed by atoms with E-state index >= 15 is 0 Å². The maximum atomic E-state index is 12.7. The Balaban J connectivity index is 1.74. The first-order valence-corrected chi connectivity index (χ1v) is 20.9. The van der Waals surface area contributed by atoms with Crippen molar-refractivity contribution in [3.63, 3.8) is 0 Å². The van der Waals surface area contributed by atoms with E-state index in [1.807, 2.05) is 6.07 Å². The average molecular weight is 494 g/mol. The molecule has 27 heavy (non-hydrogen) atoms. The van der Waals surface area contributed by atoms with Gasteiger partial charge >= 0.3 is 173 Å². The zero-order valence-corrected chi connectivity index (χ0v) is 20.6. The quantitative estimate of drug-likeness (QED) is 0.243. The third-order valence-electron chi connectivity index (χ3n) is 7.80. The van der Waals surface area contributed by atoms with E-state index in [0.29, 0.717) is 0 Å². The summed E-state index contributed by atoms with van der Waals surface area (Å²) in [4.78, 5) is 0. The van der Waals surface area contributed by atoms with Gasteiger partial charge < -0.3 is 0 Å². The van der Waals surface area contributed by atoms with Gasteiger partial charge in [0, 0.05) is 0 Å². The Morgan fingerprint density at radius 3 is 1.56 bits per heavy atom. The molecule has 0 bridgehead atoms. The van der Waals surface area contributed by atoms with Gasteiger partial charge in [-0.05, 0) is 0 Å². The molecule has 0 amide bonds. The van der Waals surface area contributed by atoms with Crippen molar-refractivity contribution >= 4 is 25.9 Å². The Bertz CT molecular complexity index is 546. The first-order chi connectivity index (χ1) is 13.3. The normalized spacial score (nSPS) is 24.1. The Hall–Kier alpha value is 0.0987. The third kappa shape index (κ3) is 4.49. The number of hydrogen-bond acceptors (Lipinski definition) is 2. The van der Waals surface area contributed by atoms with Crippen molar-refractivity contribution in [3.8, 4) is 0 Å². The molecule has 3 aliphatic carbocycles. The molecular formula is C23H37NOSSn. The van der Waals surface area contributed by atoms with Gasteiger partial charge in [-0.25, -0.2) is 0 Å². The molecule has 4 rings (SSSR count). The van der Waals surface area contributed by atoms with E-state index in [1.165, 1.54) is 101 Å². The molecule has 1 aromatic heterocycles. The Kier molecular flexibility index (Phi) is 7.35. The molecule has 0 saturated heterocycles.